The summed E-state index contributed by atoms with van der Waals surface area (Å²) in [5.41, 5.74) is 0. The van der Waals surface area contributed by atoms with E-state index in [2.05, 4.69) is 23.8 Å². The maximum atomic E-state index is 5.08. The summed E-state index contributed by atoms with van der Waals surface area (Å²) in [6, 6.07) is 0. The van der Waals surface area contributed by atoms with Gasteiger partial charge in [0, 0.05) is 0 Å². The molecule has 0 nitrogen and oxygen atoms in total. The van der Waals surface area contributed by atoms with Gasteiger partial charge in [0.05, 0.1) is 5.88 Å². The number of hydrogen-bond donors (Lipinski definition) is 1. The SMILES string of the molecule is SC#CCCl. The van der Waals surface area contributed by atoms with Crippen LogP contribution in [0.5, 0.6) is 0 Å². The van der Waals surface area contributed by atoms with Gasteiger partial charge in [-0.1, -0.05) is 18.5 Å². The minimum Gasteiger partial charge on any atom is -0.113 e. The fourth-order valence-corrected chi connectivity index (χ4v) is 0.269. The highest BCUT2D eigenvalue weighted by Crippen LogP contribution is 1.67. The third kappa shape index (κ3) is 4.20. The maximum Gasteiger partial charge on any atom is 0.0844 e. The number of rotatable bonds is 0. The van der Waals surface area contributed by atoms with E-state index >= 15 is 0 Å². The summed E-state index contributed by atoms with van der Waals surface area (Å²) < 4.78 is 0. The monoisotopic (exact) mass is 106 g/mol. The molecule has 0 aromatic rings. The molecule has 0 aliphatic rings. The molecule has 2 heteroatoms. The van der Waals surface area contributed by atoms with Gasteiger partial charge in [-0.15, -0.1) is 11.6 Å². The van der Waals surface area contributed by atoms with Gasteiger partial charge in [-0.25, -0.2) is 0 Å². The van der Waals surface area contributed by atoms with Crippen LogP contribution in [-0.4, -0.2) is 5.88 Å². The Hall–Kier alpha value is 0.200. The smallest absolute Gasteiger partial charge is 0.0844 e. The van der Waals surface area contributed by atoms with Crippen LogP contribution in [0, 0.1) is 11.2 Å². The van der Waals surface area contributed by atoms with Crippen LogP contribution in [0.2, 0.25) is 0 Å². The van der Waals surface area contributed by atoms with Crippen molar-refractivity contribution in [3.8, 4) is 11.2 Å². The molecule has 0 bridgehead atoms. The Balaban J connectivity index is 2.81. The Morgan fingerprint density at radius 3 is 2.40 bits per heavy atom. The quantitative estimate of drug-likeness (QED) is 0.267. The van der Waals surface area contributed by atoms with E-state index in [0.29, 0.717) is 5.88 Å². The van der Waals surface area contributed by atoms with Crippen molar-refractivity contribution in [2.75, 3.05) is 5.88 Å². The summed E-state index contributed by atoms with van der Waals surface area (Å²) in [6.45, 7) is 0. The first-order valence-corrected chi connectivity index (χ1v) is 2.08. The molecule has 0 fully saturated rings. The zero-order valence-electron chi connectivity index (χ0n) is 2.53. The first kappa shape index (κ1) is 5.20. The molecule has 0 rings (SSSR count). The summed E-state index contributed by atoms with van der Waals surface area (Å²) in [4.78, 5) is 0. The van der Waals surface area contributed by atoms with Gasteiger partial charge in [-0.2, -0.15) is 0 Å². The third-order valence-electron chi connectivity index (χ3n) is 0.146. The van der Waals surface area contributed by atoms with Crippen LogP contribution < -0.4 is 0 Å². The molecule has 0 aliphatic heterocycles. The van der Waals surface area contributed by atoms with Gasteiger partial charge in [0.25, 0.3) is 0 Å². The lowest BCUT2D eigenvalue weighted by Gasteiger charge is -1.55. The van der Waals surface area contributed by atoms with Crippen molar-refractivity contribution in [1.82, 2.24) is 0 Å². The van der Waals surface area contributed by atoms with Gasteiger partial charge in [-0.3, -0.25) is 0 Å². The summed E-state index contributed by atoms with van der Waals surface area (Å²) in [5, 5.41) is 2.33. The molecule has 0 spiro atoms. The van der Waals surface area contributed by atoms with Gasteiger partial charge < -0.3 is 0 Å². The average Bonchev–Trinajstić information content (AvgIpc) is 1.41. The normalized spacial score (nSPS) is 5.20. The Morgan fingerprint density at radius 1 is 1.80 bits per heavy atom. The molecule has 0 aromatic carbocycles. The van der Waals surface area contributed by atoms with Crippen molar-refractivity contribution in [2.45, 2.75) is 0 Å². The first-order valence-electron chi connectivity index (χ1n) is 1.09. The maximum absolute atomic E-state index is 5.08. The van der Waals surface area contributed by atoms with Gasteiger partial charge in [0.1, 0.15) is 0 Å². The van der Waals surface area contributed by atoms with E-state index in [0.717, 1.165) is 0 Å². The van der Waals surface area contributed by atoms with E-state index in [9.17, 15) is 0 Å². The average molecular weight is 107 g/mol. The van der Waals surface area contributed by atoms with Gasteiger partial charge in [-0.05, 0) is 5.25 Å². The second-order valence-corrected chi connectivity index (χ2v) is 0.913. The molecule has 0 N–H and O–H groups in total. The van der Waals surface area contributed by atoms with Crippen molar-refractivity contribution in [3.63, 3.8) is 0 Å². The molecule has 0 unspecified atom stereocenters. The number of thiol groups is 1. The van der Waals surface area contributed by atoms with Crippen LogP contribution in [-0.2, 0) is 0 Å². The van der Waals surface area contributed by atoms with E-state index in [-0.39, 0.29) is 0 Å². The van der Waals surface area contributed by atoms with Crippen LogP contribution in [0.3, 0.4) is 0 Å². The number of halogens is 1. The molecular weight excluding hydrogens is 104 g/mol. The Morgan fingerprint density at radius 2 is 2.40 bits per heavy atom. The third-order valence-corrected chi connectivity index (χ3v) is 0.438. The summed E-state index contributed by atoms with van der Waals surface area (Å²) in [7, 11) is 0. The lowest BCUT2D eigenvalue weighted by atomic mass is 10.8. The molecule has 0 aliphatic carbocycles. The molecule has 28 valence electrons. The Kier molecular flexibility index (Phi) is 4.37. The predicted octanol–water partition coefficient (Wildman–Crippen LogP) is 1.12. The van der Waals surface area contributed by atoms with E-state index < -0.39 is 0 Å². The molecular formula is C3H3ClS. The lowest BCUT2D eigenvalue weighted by Crippen LogP contribution is -1.50. The van der Waals surface area contributed by atoms with Gasteiger partial charge >= 0.3 is 0 Å². The predicted molar refractivity (Wildman–Crippen MR) is 27.5 cm³/mol. The molecule has 0 radical (unpaired) electrons. The number of alkyl halides is 1. The second kappa shape index (κ2) is 4.20. The first-order chi connectivity index (χ1) is 2.41. The minimum atomic E-state index is 0.378. The standard InChI is InChI=1S/C3H3ClS/c4-2-1-3-5/h5H,2H2. The van der Waals surface area contributed by atoms with E-state index in [1.807, 2.05) is 0 Å². The highest BCUT2D eigenvalue weighted by atomic mass is 35.5. The molecule has 0 heterocycles. The zero-order chi connectivity index (χ0) is 4.12. The molecule has 0 saturated carbocycles. The van der Waals surface area contributed by atoms with Crippen LogP contribution in [0.4, 0.5) is 0 Å². The fraction of sp³-hybridized carbons (Fsp3) is 0.333. The van der Waals surface area contributed by atoms with E-state index in [1.165, 1.54) is 0 Å². The van der Waals surface area contributed by atoms with Crippen molar-refractivity contribution < 1.29 is 0 Å². The molecule has 5 heavy (non-hydrogen) atoms. The molecule has 0 aromatic heterocycles. The van der Waals surface area contributed by atoms with Gasteiger partial charge in [0.2, 0.25) is 0 Å². The summed E-state index contributed by atoms with van der Waals surface area (Å²) in [5.74, 6) is 2.87. The van der Waals surface area contributed by atoms with Crippen molar-refractivity contribution in [1.29, 1.82) is 0 Å². The highest BCUT2D eigenvalue weighted by Gasteiger charge is 1.51. The van der Waals surface area contributed by atoms with E-state index in [1.54, 1.807) is 0 Å². The molecule has 0 atom stereocenters. The van der Waals surface area contributed by atoms with Crippen LogP contribution in [0.15, 0.2) is 0 Å². The topological polar surface area (TPSA) is 0 Å². The largest absolute Gasteiger partial charge is 0.113 e. The Bertz CT molecular complexity index is 59.0. The molecule has 0 saturated heterocycles. The van der Waals surface area contributed by atoms with Crippen LogP contribution in [0.1, 0.15) is 0 Å². The van der Waals surface area contributed by atoms with E-state index in [4.69, 9.17) is 11.6 Å². The van der Waals surface area contributed by atoms with Crippen molar-refractivity contribution >= 4 is 24.2 Å². The minimum absolute atomic E-state index is 0.378. The fourth-order valence-electron chi connectivity index (χ4n) is 0.0299. The Labute approximate surface area is 41.9 Å². The van der Waals surface area contributed by atoms with Crippen molar-refractivity contribution in [2.24, 2.45) is 0 Å². The van der Waals surface area contributed by atoms with Crippen molar-refractivity contribution in [3.05, 3.63) is 0 Å². The highest BCUT2D eigenvalue weighted by molar-refractivity contribution is 7.85. The summed E-state index contributed by atoms with van der Waals surface area (Å²) >= 11 is 8.63. The number of hydrogen-bond acceptors (Lipinski definition) is 1. The van der Waals surface area contributed by atoms with Crippen LogP contribution in [0.25, 0.3) is 0 Å². The summed E-state index contributed by atoms with van der Waals surface area (Å²) in [6.07, 6.45) is 0. The lowest BCUT2D eigenvalue weighted by molar-refractivity contribution is 1.93. The molecule has 0 amide bonds. The zero-order valence-corrected chi connectivity index (χ0v) is 4.18. The van der Waals surface area contributed by atoms with Crippen LogP contribution >= 0.6 is 24.2 Å². The van der Waals surface area contributed by atoms with Gasteiger partial charge in [0.15, 0.2) is 0 Å². The second-order valence-electron chi connectivity index (χ2n) is 0.422.